The number of nitrogens with one attached hydrogen (secondary N) is 4. The van der Waals surface area contributed by atoms with Gasteiger partial charge in [-0.15, -0.1) is 0 Å². The molecular weight excluding hydrogens is 526 g/mol. The average Bonchev–Trinajstić information content (AvgIpc) is 3.30. The fraction of sp³-hybridized carbons (Fsp3) is 0.312. The van der Waals surface area contributed by atoms with E-state index in [9.17, 15) is 4.79 Å². The summed E-state index contributed by atoms with van der Waals surface area (Å²) in [7, 11) is 2.01. The van der Waals surface area contributed by atoms with Crippen molar-refractivity contribution in [1.82, 2.24) is 14.5 Å². The van der Waals surface area contributed by atoms with E-state index in [4.69, 9.17) is 27.3 Å². The van der Waals surface area contributed by atoms with Crippen molar-refractivity contribution in [3.63, 3.8) is 0 Å². The largest absolute Gasteiger partial charge is 0.384 e. The summed E-state index contributed by atoms with van der Waals surface area (Å²) in [6.07, 6.45) is 3.39. The third kappa shape index (κ3) is 6.44. The van der Waals surface area contributed by atoms with Crippen molar-refractivity contribution in [3.8, 4) is 0 Å². The lowest BCUT2D eigenvalue weighted by Crippen LogP contribution is -2.48. The molecule has 1 aliphatic rings. The maximum Gasteiger partial charge on any atom is 0.241 e. The van der Waals surface area contributed by atoms with Crippen molar-refractivity contribution in [3.05, 3.63) is 89.2 Å². The summed E-state index contributed by atoms with van der Waals surface area (Å²) in [6.45, 7) is 3.55. The lowest BCUT2D eigenvalue weighted by molar-refractivity contribution is -0.121. The summed E-state index contributed by atoms with van der Waals surface area (Å²) in [5, 5.41) is 22.0. The van der Waals surface area contributed by atoms with Gasteiger partial charge in [0, 0.05) is 55.1 Å². The number of nitrogen functional groups attached to an aromatic ring is 2. The van der Waals surface area contributed by atoms with Crippen LogP contribution in [0.2, 0.25) is 0 Å². The molecule has 0 spiro atoms. The highest BCUT2D eigenvalue weighted by Gasteiger charge is 2.27. The SMILES string of the molecule is CC(C(=O)Nc1ccc2c(c1)nc(CCc1ccc(C(=N)N)cc1)n2C)N1CCC(Nc2ccccc2C(=N)N)CC1. The summed E-state index contributed by atoms with van der Waals surface area (Å²) < 4.78 is 2.10. The third-order valence-electron chi connectivity index (χ3n) is 8.18. The Balaban J connectivity index is 1.16. The van der Waals surface area contributed by atoms with Gasteiger partial charge in [0.1, 0.15) is 17.5 Å². The van der Waals surface area contributed by atoms with Crippen molar-refractivity contribution in [2.45, 2.75) is 44.7 Å². The smallest absolute Gasteiger partial charge is 0.241 e. The zero-order chi connectivity index (χ0) is 29.8. The van der Waals surface area contributed by atoms with E-state index in [0.717, 1.165) is 78.1 Å². The topological polar surface area (TPSA) is 162 Å². The Morgan fingerprint density at radius 3 is 2.40 bits per heavy atom. The molecule has 3 aromatic carbocycles. The van der Waals surface area contributed by atoms with Gasteiger partial charge in [-0.3, -0.25) is 20.5 Å². The average molecular weight is 566 g/mol. The lowest BCUT2D eigenvalue weighted by Gasteiger charge is -2.36. The molecule has 218 valence electrons. The fourth-order valence-corrected chi connectivity index (χ4v) is 5.57. The third-order valence-corrected chi connectivity index (χ3v) is 8.18. The van der Waals surface area contributed by atoms with Gasteiger partial charge in [0.2, 0.25) is 5.91 Å². The molecule has 42 heavy (non-hydrogen) atoms. The van der Waals surface area contributed by atoms with Crippen LogP contribution in [-0.2, 0) is 24.7 Å². The van der Waals surface area contributed by atoms with Crippen LogP contribution < -0.4 is 22.1 Å². The number of carbonyl (C=O) groups is 1. The van der Waals surface area contributed by atoms with Crippen LogP contribution in [0.15, 0.2) is 66.7 Å². The highest BCUT2D eigenvalue weighted by Crippen LogP contribution is 2.23. The Morgan fingerprint density at radius 1 is 1.00 bits per heavy atom. The Bertz CT molecular complexity index is 1600. The Kier molecular flexibility index (Phi) is 8.53. The number of anilines is 2. The molecular formula is C32H39N9O. The van der Waals surface area contributed by atoms with Gasteiger partial charge in [-0.1, -0.05) is 36.4 Å². The molecule has 0 aliphatic carbocycles. The number of fused-ring (bicyclic) bond motifs is 1. The minimum atomic E-state index is -0.264. The van der Waals surface area contributed by atoms with Crippen molar-refractivity contribution >= 4 is 40.0 Å². The first-order chi connectivity index (χ1) is 20.2. The molecule has 1 fully saturated rings. The number of aromatic nitrogens is 2. The Labute approximate surface area is 246 Å². The van der Waals surface area contributed by atoms with E-state index >= 15 is 0 Å². The molecule has 1 aromatic heterocycles. The quantitative estimate of drug-likeness (QED) is 0.126. The molecule has 5 rings (SSSR count). The van der Waals surface area contributed by atoms with Gasteiger partial charge in [0.25, 0.3) is 0 Å². The molecule has 0 radical (unpaired) electrons. The van der Waals surface area contributed by atoms with E-state index < -0.39 is 0 Å². The second kappa shape index (κ2) is 12.4. The fourth-order valence-electron chi connectivity index (χ4n) is 5.57. The van der Waals surface area contributed by atoms with Crippen molar-refractivity contribution < 1.29 is 4.79 Å². The number of benzene rings is 3. The molecule has 1 amide bonds. The van der Waals surface area contributed by atoms with Gasteiger partial charge in [0.05, 0.1) is 17.1 Å². The molecule has 0 saturated carbocycles. The van der Waals surface area contributed by atoms with E-state index in [2.05, 4.69) is 20.1 Å². The first kappa shape index (κ1) is 28.8. The number of amidine groups is 2. The molecule has 4 aromatic rings. The number of para-hydroxylation sites is 1. The normalized spacial score (nSPS) is 14.9. The molecule has 1 aliphatic heterocycles. The predicted molar refractivity (Wildman–Crippen MR) is 169 cm³/mol. The van der Waals surface area contributed by atoms with Crippen LogP contribution in [0.1, 0.15) is 42.3 Å². The van der Waals surface area contributed by atoms with Crippen LogP contribution in [0.4, 0.5) is 11.4 Å². The molecule has 8 N–H and O–H groups in total. The molecule has 2 heterocycles. The molecule has 1 atom stereocenters. The monoisotopic (exact) mass is 565 g/mol. The van der Waals surface area contributed by atoms with Crippen molar-refractivity contribution in [2.24, 2.45) is 18.5 Å². The highest BCUT2D eigenvalue weighted by atomic mass is 16.2. The maximum atomic E-state index is 13.2. The summed E-state index contributed by atoms with van der Waals surface area (Å²) in [5.74, 6) is 1.06. The number of likely N-dealkylation sites (tertiary alicyclic amines) is 1. The van der Waals surface area contributed by atoms with Crippen LogP contribution in [0.25, 0.3) is 11.0 Å². The number of amides is 1. The standard InChI is InChI=1S/C32H39N9O/c1-20(41-17-15-23(16-18-41)37-26-6-4-3-5-25(26)31(35)36)32(42)38-24-12-13-28-27(19-24)39-29(40(28)2)14-9-21-7-10-22(11-8-21)30(33)34/h3-8,10-13,19-20,23,37H,9,14-18H2,1-2H3,(H3,33,34)(H3,35,36)(H,38,42). The number of nitrogens with zero attached hydrogens (tertiary/aromatic N) is 3. The number of hydrogen-bond donors (Lipinski definition) is 6. The van der Waals surface area contributed by atoms with Gasteiger partial charge in [-0.25, -0.2) is 4.98 Å². The molecule has 1 saturated heterocycles. The summed E-state index contributed by atoms with van der Waals surface area (Å²) in [4.78, 5) is 20.3. The van der Waals surface area contributed by atoms with Crippen molar-refractivity contribution in [2.75, 3.05) is 23.7 Å². The Morgan fingerprint density at radius 2 is 1.71 bits per heavy atom. The van der Waals surface area contributed by atoms with E-state index in [1.165, 1.54) is 0 Å². The Hall–Kier alpha value is -4.70. The van der Waals surface area contributed by atoms with Gasteiger partial charge in [-0.2, -0.15) is 0 Å². The number of piperidine rings is 1. The minimum Gasteiger partial charge on any atom is -0.384 e. The molecule has 10 heteroatoms. The van der Waals surface area contributed by atoms with Crippen molar-refractivity contribution in [1.29, 1.82) is 10.8 Å². The number of carbonyl (C=O) groups excluding carboxylic acids is 1. The first-order valence-corrected chi connectivity index (χ1v) is 14.3. The van der Waals surface area contributed by atoms with E-state index in [1.54, 1.807) is 0 Å². The lowest BCUT2D eigenvalue weighted by atomic mass is 10.0. The minimum absolute atomic E-state index is 0.0344. The number of hydrogen-bond acceptors (Lipinski definition) is 6. The van der Waals surface area contributed by atoms with Gasteiger partial charge in [-0.05, 0) is 62.1 Å². The van der Waals surface area contributed by atoms with Gasteiger partial charge < -0.3 is 26.7 Å². The molecule has 0 bridgehead atoms. The van der Waals surface area contributed by atoms with Crippen LogP contribution in [0.5, 0.6) is 0 Å². The van der Waals surface area contributed by atoms with Crippen LogP contribution in [0.3, 0.4) is 0 Å². The van der Waals surface area contributed by atoms with Gasteiger partial charge >= 0.3 is 0 Å². The van der Waals surface area contributed by atoms with Crippen LogP contribution >= 0.6 is 0 Å². The number of nitrogens with two attached hydrogens (primary N) is 2. The van der Waals surface area contributed by atoms with Gasteiger partial charge in [0.15, 0.2) is 0 Å². The number of imidazole rings is 1. The second-order valence-electron chi connectivity index (χ2n) is 11.0. The predicted octanol–water partition coefficient (Wildman–Crippen LogP) is 3.83. The summed E-state index contributed by atoms with van der Waals surface area (Å²) in [6, 6.07) is 21.3. The number of rotatable bonds is 10. The summed E-state index contributed by atoms with van der Waals surface area (Å²) in [5.41, 5.74) is 17.4. The van der Waals surface area contributed by atoms with Crippen LogP contribution in [-0.4, -0.2) is 57.2 Å². The summed E-state index contributed by atoms with van der Waals surface area (Å²) >= 11 is 0. The zero-order valence-corrected chi connectivity index (χ0v) is 24.2. The molecule has 1 unspecified atom stereocenters. The first-order valence-electron chi connectivity index (χ1n) is 14.3. The highest BCUT2D eigenvalue weighted by molar-refractivity contribution is 6.00. The molecule has 10 nitrogen and oxygen atoms in total. The van der Waals surface area contributed by atoms with Crippen LogP contribution in [0, 0.1) is 10.8 Å². The zero-order valence-electron chi connectivity index (χ0n) is 24.2. The van der Waals surface area contributed by atoms with E-state index in [1.807, 2.05) is 80.7 Å². The van der Waals surface area contributed by atoms with E-state index in [-0.39, 0.29) is 29.7 Å². The maximum absolute atomic E-state index is 13.2. The van der Waals surface area contributed by atoms with E-state index in [0.29, 0.717) is 5.56 Å². The second-order valence-corrected chi connectivity index (χ2v) is 11.0. The number of aryl methyl sites for hydroxylation is 3.